The topological polar surface area (TPSA) is 44.5 Å². The third-order valence-corrected chi connectivity index (χ3v) is 2.42. The van der Waals surface area contributed by atoms with Crippen LogP contribution in [0.1, 0.15) is 31.4 Å². The first-order chi connectivity index (χ1) is 7.74. The van der Waals surface area contributed by atoms with Gasteiger partial charge in [-0.15, -0.1) is 0 Å². The normalized spacial score (nSPS) is 12.4. The van der Waals surface area contributed by atoms with Crippen LogP contribution in [0.15, 0.2) is 24.3 Å². The Bertz CT molecular complexity index is 282. The maximum atomic E-state index is 5.76. The van der Waals surface area contributed by atoms with Crippen molar-refractivity contribution in [2.45, 2.75) is 25.8 Å². The van der Waals surface area contributed by atoms with Crippen LogP contribution in [0, 0.1) is 0 Å². The second kappa shape index (κ2) is 7.25. The highest BCUT2D eigenvalue weighted by Gasteiger charge is 1.99. The van der Waals surface area contributed by atoms with E-state index in [1.54, 1.807) is 7.11 Å². The quantitative estimate of drug-likeness (QED) is 0.722. The molecule has 0 amide bonds. The molecule has 16 heavy (non-hydrogen) atoms. The third kappa shape index (κ3) is 4.64. The van der Waals surface area contributed by atoms with Crippen LogP contribution in [0.2, 0.25) is 0 Å². The molecule has 0 saturated carbocycles. The monoisotopic (exact) mass is 223 g/mol. The fourth-order valence-corrected chi connectivity index (χ4v) is 1.41. The molecule has 3 nitrogen and oxygen atoms in total. The van der Waals surface area contributed by atoms with E-state index in [9.17, 15) is 0 Å². The van der Waals surface area contributed by atoms with Gasteiger partial charge in [-0.05, 0) is 37.5 Å². The Morgan fingerprint density at radius 1 is 1.12 bits per heavy atom. The van der Waals surface area contributed by atoms with Gasteiger partial charge in [0.25, 0.3) is 0 Å². The van der Waals surface area contributed by atoms with Gasteiger partial charge in [0, 0.05) is 19.8 Å². The predicted molar refractivity (Wildman–Crippen MR) is 65.6 cm³/mol. The number of ether oxygens (including phenoxy) is 2. The van der Waals surface area contributed by atoms with Crippen molar-refractivity contribution in [3.05, 3.63) is 29.8 Å². The number of unbranched alkanes of at least 4 members (excludes halogenated alkanes) is 1. The molecule has 0 heterocycles. The zero-order valence-corrected chi connectivity index (χ0v) is 10.1. The Morgan fingerprint density at radius 3 is 2.31 bits per heavy atom. The Morgan fingerprint density at radius 2 is 1.75 bits per heavy atom. The molecule has 0 aliphatic heterocycles. The predicted octanol–water partition coefficient (Wildman–Crippen LogP) is 2.51. The summed E-state index contributed by atoms with van der Waals surface area (Å²) in [5.74, 6) is 0.904. The summed E-state index contributed by atoms with van der Waals surface area (Å²) in [4.78, 5) is 0. The molecule has 0 unspecified atom stereocenters. The van der Waals surface area contributed by atoms with E-state index in [4.69, 9.17) is 15.2 Å². The first-order valence-electron chi connectivity index (χ1n) is 5.71. The van der Waals surface area contributed by atoms with Gasteiger partial charge in [0.2, 0.25) is 0 Å². The van der Waals surface area contributed by atoms with E-state index >= 15 is 0 Å². The van der Waals surface area contributed by atoms with Gasteiger partial charge in [-0.1, -0.05) is 12.1 Å². The summed E-state index contributed by atoms with van der Waals surface area (Å²) in [5.41, 5.74) is 6.90. The third-order valence-electron chi connectivity index (χ3n) is 2.42. The lowest BCUT2D eigenvalue weighted by atomic mass is 10.1. The first kappa shape index (κ1) is 13.0. The van der Waals surface area contributed by atoms with Crippen molar-refractivity contribution < 1.29 is 9.47 Å². The largest absolute Gasteiger partial charge is 0.494 e. The summed E-state index contributed by atoms with van der Waals surface area (Å²) < 4.78 is 10.6. The van der Waals surface area contributed by atoms with E-state index in [1.807, 2.05) is 31.2 Å². The fraction of sp³-hybridized carbons (Fsp3) is 0.538. The van der Waals surface area contributed by atoms with Gasteiger partial charge in [0.1, 0.15) is 5.75 Å². The van der Waals surface area contributed by atoms with E-state index in [0.29, 0.717) is 0 Å². The van der Waals surface area contributed by atoms with E-state index in [1.165, 1.54) is 0 Å². The molecule has 1 rings (SSSR count). The van der Waals surface area contributed by atoms with Gasteiger partial charge in [0.05, 0.1) is 6.61 Å². The zero-order valence-electron chi connectivity index (χ0n) is 10.1. The molecule has 0 aliphatic carbocycles. The summed E-state index contributed by atoms with van der Waals surface area (Å²) in [6.45, 7) is 3.51. The van der Waals surface area contributed by atoms with Gasteiger partial charge in [0.15, 0.2) is 0 Å². The van der Waals surface area contributed by atoms with Gasteiger partial charge < -0.3 is 15.2 Å². The molecule has 1 aromatic rings. The molecule has 2 N–H and O–H groups in total. The van der Waals surface area contributed by atoms with Crippen molar-refractivity contribution in [1.82, 2.24) is 0 Å². The van der Waals surface area contributed by atoms with Crippen LogP contribution >= 0.6 is 0 Å². The highest BCUT2D eigenvalue weighted by molar-refractivity contribution is 5.28. The second-order valence-corrected chi connectivity index (χ2v) is 3.91. The Kier molecular flexibility index (Phi) is 5.90. The molecule has 0 aliphatic rings. The van der Waals surface area contributed by atoms with Crippen LogP contribution in [0.5, 0.6) is 5.75 Å². The van der Waals surface area contributed by atoms with Gasteiger partial charge in [-0.2, -0.15) is 0 Å². The zero-order chi connectivity index (χ0) is 11.8. The minimum absolute atomic E-state index is 0.0794. The van der Waals surface area contributed by atoms with Crippen LogP contribution in [0.4, 0.5) is 0 Å². The second-order valence-electron chi connectivity index (χ2n) is 3.91. The molecule has 0 radical (unpaired) electrons. The van der Waals surface area contributed by atoms with Gasteiger partial charge in [-0.3, -0.25) is 0 Å². The van der Waals surface area contributed by atoms with Crippen molar-refractivity contribution in [3.63, 3.8) is 0 Å². The smallest absolute Gasteiger partial charge is 0.119 e. The van der Waals surface area contributed by atoms with Crippen molar-refractivity contribution in [2.75, 3.05) is 20.3 Å². The highest BCUT2D eigenvalue weighted by atomic mass is 16.5. The van der Waals surface area contributed by atoms with E-state index < -0.39 is 0 Å². The van der Waals surface area contributed by atoms with Crippen LogP contribution in [-0.2, 0) is 4.74 Å². The van der Waals surface area contributed by atoms with Gasteiger partial charge in [-0.25, -0.2) is 0 Å². The lowest BCUT2D eigenvalue weighted by Gasteiger charge is -2.08. The van der Waals surface area contributed by atoms with Crippen LogP contribution in [0.3, 0.4) is 0 Å². The van der Waals surface area contributed by atoms with Crippen LogP contribution in [-0.4, -0.2) is 20.3 Å². The summed E-state index contributed by atoms with van der Waals surface area (Å²) in [6, 6.07) is 8.03. The van der Waals surface area contributed by atoms with Crippen LogP contribution < -0.4 is 10.5 Å². The Hall–Kier alpha value is -1.06. The van der Waals surface area contributed by atoms with E-state index in [0.717, 1.165) is 37.4 Å². The maximum absolute atomic E-state index is 5.76. The molecular weight excluding hydrogens is 202 g/mol. The van der Waals surface area contributed by atoms with Crippen molar-refractivity contribution >= 4 is 0 Å². The number of hydrogen-bond acceptors (Lipinski definition) is 3. The standard InChI is InChI=1S/C13H21NO2/c1-11(14)12-5-7-13(8-6-12)16-10-4-3-9-15-2/h5-8,11H,3-4,9-10,14H2,1-2H3/t11-/m0/s1. The summed E-state index contributed by atoms with van der Waals surface area (Å²) in [5, 5.41) is 0. The van der Waals surface area contributed by atoms with E-state index in [2.05, 4.69) is 0 Å². The van der Waals surface area contributed by atoms with Gasteiger partial charge >= 0.3 is 0 Å². The number of methoxy groups -OCH3 is 1. The number of rotatable bonds is 7. The SMILES string of the molecule is COCCCCOc1ccc([C@H](C)N)cc1. The average Bonchev–Trinajstić information content (AvgIpc) is 2.29. The molecule has 0 aromatic heterocycles. The molecule has 1 aromatic carbocycles. The minimum Gasteiger partial charge on any atom is -0.494 e. The fourth-order valence-electron chi connectivity index (χ4n) is 1.41. The maximum Gasteiger partial charge on any atom is 0.119 e. The summed E-state index contributed by atoms with van der Waals surface area (Å²) in [7, 11) is 1.72. The van der Waals surface area contributed by atoms with Crippen LogP contribution in [0.25, 0.3) is 0 Å². The first-order valence-corrected chi connectivity index (χ1v) is 5.71. The molecule has 0 bridgehead atoms. The molecule has 0 spiro atoms. The van der Waals surface area contributed by atoms with E-state index in [-0.39, 0.29) is 6.04 Å². The highest BCUT2D eigenvalue weighted by Crippen LogP contribution is 2.16. The minimum atomic E-state index is 0.0794. The van der Waals surface area contributed by atoms with Crippen molar-refractivity contribution in [3.8, 4) is 5.75 Å². The molecule has 0 saturated heterocycles. The molecule has 3 heteroatoms. The summed E-state index contributed by atoms with van der Waals surface area (Å²) >= 11 is 0. The number of benzene rings is 1. The Balaban J connectivity index is 2.27. The Labute approximate surface area is 97.6 Å². The number of hydrogen-bond donors (Lipinski definition) is 1. The molecule has 90 valence electrons. The average molecular weight is 223 g/mol. The molecule has 0 fully saturated rings. The van der Waals surface area contributed by atoms with Crippen molar-refractivity contribution in [1.29, 1.82) is 0 Å². The lowest BCUT2D eigenvalue weighted by Crippen LogP contribution is -2.04. The lowest BCUT2D eigenvalue weighted by molar-refractivity contribution is 0.184. The summed E-state index contributed by atoms with van der Waals surface area (Å²) in [6.07, 6.45) is 2.05. The number of nitrogens with two attached hydrogens (primary N) is 1. The molecular formula is C13H21NO2. The molecule has 1 atom stereocenters. The van der Waals surface area contributed by atoms with Crippen molar-refractivity contribution in [2.24, 2.45) is 5.73 Å².